The Morgan fingerprint density at radius 3 is 3.05 bits per heavy atom. The first-order valence-electron chi connectivity index (χ1n) is 7.36. The van der Waals surface area contributed by atoms with E-state index in [1.807, 2.05) is 13.8 Å². The number of nitrogen functional groups attached to an aromatic ring is 1. The molecule has 0 spiro atoms. The van der Waals surface area contributed by atoms with Crippen molar-refractivity contribution in [2.24, 2.45) is 5.84 Å². The molecule has 0 radical (unpaired) electrons. The van der Waals surface area contributed by atoms with Crippen LogP contribution in [-0.2, 0) is 16.1 Å². The van der Waals surface area contributed by atoms with Gasteiger partial charge in [-0.15, -0.1) is 0 Å². The van der Waals surface area contributed by atoms with Crippen LogP contribution in [0.2, 0.25) is 0 Å². The minimum atomic E-state index is -0.197. The maximum Gasteiger partial charge on any atom is 0.323 e. The summed E-state index contributed by atoms with van der Waals surface area (Å²) in [7, 11) is 0. The van der Waals surface area contributed by atoms with Gasteiger partial charge in [0.15, 0.2) is 0 Å². The van der Waals surface area contributed by atoms with Gasteiger partial charge in [0, 0.05) is 11.8 Å². The van der Waals surface area contributed by atoms with Crippen molar-refractivity contribution < 1.29 is 9.53 Å². The van der Waals surface area contributed by atoms with E-state index in [1.165, 1.54) is 0 Å². The molecule has 2 heterocycles. The highest BCUT2D eigenvalue weighted by atomic mass is 16.5. The van der Waals surface area contributed by atoms with Crippen LogP contribution in [0.25, 0.3) is 0 Å². The van der Waals surface area contributed by atoms with Crippen LogP contribution in [0.3, 0.4) is 0 Å². The number of rotatable bonds is 5. The first-order valence-corrected chi connectivity index (χ1v) is 7.36. The summed E-state index contributed by atoms with van der Waals surface area (Å²) in [6.45, 7) is 5.51. The predicted octanol–water partition coefficient (Wildman–Crippen LogP) is 0.988. The summed E-state index contributed by atoms with van der Waals surface area (Å²) in [5, 5.41) is 0. The summed E-state index contributed by atoms with van der Waals surface area (Å²) in [5.41, 5.74) is 3.38. The Balaban J connectivity index is 2.11. The van der Waals surface area contributed by atoms with Crippen LogP contribution in [0, 0.1) is 6.92 Å². The quantitative estimate of drug-likeness (QED) is 0.475. The number of hydrazine groups is 1. The number of hydrogen-bond acceptors (Lipinski definition) is 7. The van der Waals surface area contributed by atoms with Crippen LogP contribution in [0.15, 0.2) is 6.07 Å². The Bertz CT molecular complexity index is 494. The Hall–Kier alpha value is -1.73. The molecule has 1 unspecified atom stereocenters. The third-order valence-electron chi connectivity index (χ3n) is 3.57. The molecule has 0 bridgehead atoms. The fourth-order valence-corrected chi connectivity index (χ4v) is 2.64. The lowest BCUT2D eigenvalue weighted by Gasteiger charge is -2.33. The number of piperidine rings is 1. The summed E-state index contributed by atoms with van der Waals surface area (Å²) < 4.78 is 5.16. The maximum atomic E-state index is 12.1. The zero-order valence-corrected chi connectivity index (χ0v) is 12.6. The van der Waals surface area contributed by atoms with Crippen molar-refractivity contribution in [1.82, 2.24) is 14.9 Å². The number of carbonyl (C=O) groups excluding carboxylic acids is 1. The number of nitrogens with zero attached hydrogens (tertiary/aromatic N) is 3. The van der Waals surface area contributed by atoms with Crippen molar-refractivity contribution >= 4 is 11.8 Å². The summed E-state index contributed by atoms with van der Waals surface area (Å²) in [6.07, 6.45) is 2.95. The number of nitrogens with one attached hydrogen (secondary N) is 1. The van der Waals surface area contributed by atoms with Gasteiger partial charge in [-0.1, -0.05) is 6.42 Å². The van der Waals surface area contributed by atoms with Crippen molar-refractivity contribution in [3.05, 3.63) is 17.6 Å². The average Bonchev–Trinajstić information content (AvgIpc) is 2.47. The Kier molecular flexibility index (Phi) is 5.46. The van der Waals surface area contributed by atoms with Crippen LogP contribution in [0.4, 0.5) is 5.82 Å². The lowest BCUT2D eigenvalue weighted by molar-refractivity contribution is -0.151. The number of nitrogens with two attached hydrogens (primary N) is 1. The number of hydrogen-bond donors (Lipinski definition) is 2. The predicted molar refractivity (Wildman–Crippen MR) is 79.3 cm³/mol. The van der Waals surface area contributed by atoms with Gasteiger partial charge in [-0.05, 0) is 33.2 Å². The molecule has 0 saturated carbocycles. The van der Waals surface area contributed by atoms with E-state index in [0.29, 0.717) is 24.8 Å². The number of aromatic nitrogens is 2. The van der Waals surface area contributed by atoms with Crippen molar-refractivity contribution in [2.75, 3.05) is 18.6 Å². The first-order chi connectivity index (χ1) is 10.1. The van der Waals surface area contributed by atoms with Gasteiger partial charge in [0.05, 0.1) is 13.2 Å². The van der Waals surface area contributed by atoms with Gasteiger partial charge in [-0.3, -0.25) is 9.69 Å². The highest BCUT2D eigenvalue weighted by molar-refractivity contribution is 5.75. The molecule has 0 aromatic carbocycles. The largest absolute Gasteiger partial charge is 0.465 e. The van der Waals surface area contributed by atoms with Gasteiger partial charge in [0.1, 0.15) is 17.7 Å². The topological polar surface area (TPSA) is 93.4 Å². The number of anilines is 1. The van der Waals surface area contributed by atoms with Crippen LogP contribution in [-0.4, -0.2) is 40.0 Å². The molecule has 2 rings (SSSR count). The van der Waals surface area contributed by atoms with Gasteiger partial charge in [-0.2, -0.15) is 0 Å². The molecule has 0 amide bonds. The normalized spacial score (nSPS) is 19.3. The van der Waals surface area contributed by atoms with Gasteiger partial charge in [0.25, 0.3) is 0 Å². The molecule has 7 heteroatoms. The molecule has 116 valence electrons. The minimum absolute atomic E-state index is 0.151. The molecule has 1 aromatic heterocycles. The Labute approximate surface area is 124 Å². The fourth-order valence-electron chi connectivity index (χ4n) is 2.64. The highest BCUT2D eigenvalue weighted by Crippen LogP contribution is 2.20. The molecule has 1 aromatic rings. The van der Waals surface area contributed by atoms with Crippen LogP contribution in [0.5, 0.6) is 0 Å². The summed E-state index contributed by atoms with van der Waals surface area (Å²) in [6, 6.07) is 1.58. The number of esters is 1. The lowest BCUT2D eigenvalue weighted by Crippen LogP contribution is -2.45. The molecule has 1 atom stereocenters. The van der Waals surface area contributed by atoms with Crippen molar-refractivity contribution in [3.63, 3.8) is 0 Å². The van der Waals surface area contributed by atoms with E-state index < -0.39 is 0 Å². The summed E-state index contributed by atoms with van der Waals surface area (Å²) in [4.78, 5) is 22.9. The lowest BCUT2D eigenvalue weighted by atomic mass is 10.0. The number of ether oxygens (including phenoxy) is 1. The van der Waals surface area contributed by atoms with Gasteiger partial charge >= 0.3 is 5.97 Å². The maximum absolute atomic E-state index is 12.1. The summed E-state index contributed by atoms with van der Waals surface area (Å²) in [5.74, 6) is 6.51. The van der Waals surface area contributed by atoms with E-state index in [0.717, 1.165) is 31.5 Å². The number of carbonyl (C=O) groups is 1. The molecule has 1 saturated heterocycles. The van der Waals surface area contributed by atoms with E-state index in [-0.39, 0.29) is 12.0 Å². The molecule has 1 aliphatic heterocycles. The Morgan fingerprint density at radius 2 is 2.33 bits per heavy atom. The van der Waals surface area contributed by atoms with Crippen molar-refractivity contribution in [1.29, 1.82) is 0 Å². The third-order valence-corrected chi connectivity index (χ3v) is 3.57. The van der Waals surface area contributed by atoms with E-state index in [2.05, 4.69) is 20.3 Å². The van der Waals surface area contributed by atoms with Gasteiger partial charge < -0.3 is 10.2 Å². The average molecular weight is 293 g/mol. The third kappa shape index (κ3) is 4.12. The van der Waals surface area contributed by atoms with E-state index >= 15 is 0 Å². The van der Waals surface area contributed by atoms with Gasteiger partial charge in [0.2, 0.25) is 0 Å². The van der Waals surface area contributed by atoms with Crippen LogP contribution >= 0.6 is 0 Å². The van der Waals surface area contributed by atoms with E-state index in [4.69, 9.17) is 10.6 Å². The molecule has 21 heavy (non-hydrogen) atoms. The molecule has 3 N–H and O–H groups in total. The van der Waals surface area contributed by atoms with Crippen LogP contribution < -0.4 is 11.3 Å². The Morgan fingerprint density at radius 1 is 1.52 bits per heavy atom. The van der Waals surface area contributed by atoms with Gasteiger partial charge in [-0.25, -0.2) is 15.8 Å². The molecule has 7 nitrogen and oxygen atoms in total. The summed E-state index contributed by atoms with van der Waals surface area (Å²) >= 11 is 0. The molecule has 1 fully saturated rings. The fraction of sp³-hybridized carbons (Fsp3) is 0.643. The number of aryl methyl sites for hydroxylation is 1. The second kappa shape index (κ2) is 7.33. The molecule has 0 aliphatic carbocycles. The van der Waals surface area contributed by atoms with Crippen molar-refractivity contribution in [2.45, 2.75) is 45.7 Å². The van der Waals surface area contributed by atoms with Crippen molar-refractivity contribution in [3.8, 4) is 0 Å². The second-order valence-corrected chi connectivity index (χ2v) is 5.19. The standard InChI is InChI=1S/C14H23N5O2/c1-3-21-14(20)11-6-4-5-7-19(11)9-13-16-10(2)8-12(17-13)18-15/h8,11H,3-7,9,15H2,1-2H3,(H,16,17,18). The molecular formula is C14H23N5O2. The van der Waals surface area contributed by atoms with E-state index in [1.54, 1.807) is 6.07 Å². The molecule has 1 aliphatic rings. The zero-order chi connectivity index (χ0) is 15.2. The smallest absolute Gasteiger partial charge is 0.323 e. The minimum Gasteiger partial charge on any atom is -0.465 e. The first kappa shape index (κ1) is 15.7. The molecular weight excluding hydrogens is 270 g/mol. The monoisotopic (exact) mass is 293 g/mol. The number of likely N-dealkylation sites (tertiary alicyclic amines) is 1. The van der Waals surface area contributed by atoms with E-state index in [9.17, 15) is 4.79 Å². The zero-order valence-electron chi connectivity index (χ0n) is 12.6. The SMILES string of the molecule is CCOC(=O)C1CCCCN1Cc1nc(C)cc(NN)n1. The second-order valence-electron chi connectivity index (χ2n) is 5.19. The van der Waals surface area contributed by atoms with Crippen LogP contribution in [0.1, 0.15) is 37.7 Å². The highest BCUT2D eigenvalue weighted by Gasteiger charge is 2.30.